The quantitative estimate of drug-likeness (QED) is 0.177. The van der Waals surface area contributed by atoms with Gasteiger partial charge in [0, 0.05) is 54.8 Å². The molecule has 4 heterocycles. The molecule has 0 unspecified atom stereocenters. The molecule has 0 radical (unpaired) electrons. The van der Waals surface area contributed by atoms with E-state index < -0.39 is 0 Å². The molecule has 266 valence electrons. The van der Waals surface area contributed by atoms with Crippen LogP contribution in [0.25, 0.3) is 106 Å². The summed E-state index contributed by atoms with van der Waals surface area (Å²) in [5.74, 6) is 1.82. The van der Waals surface area contributed by atoms with E-state index in [-0.39, 0.29) is 0 Å². The summed E-state index contributed by atoms with van der Waals surface area (Å²) in [6, 6.07) is 68.5. The average molecular weight is 729 g/mol. The van der Waals surface area contributed by atoms with Crippen LogP contribution in [0.3, 0.4) is 0 Å². The van der Waals surface area contributed by atoms with Gasteiger partial charge in [0.2, 0.25) is 5.95 Å². The first-order valence-electron chi connectivity index (χ1n) is 19.2. The Kier molecular flexibility index (Phi) is 6.83. The van der Waals surface area contributed by atoms with Crippen molar-refractivity contribution in [1.29, 1.82) is 0 Å². The molecular formula is C51H32N6. The highest BCUT2D eigenvalue weighted by atomic mass is 15.2. The molecule has 12 aromatic rings. The summed E-state index contributed by atoms with van der Waals surface area (Å²) in [4.78, 5) is 15.6. The normalized spacial score (nSPS) is 11.9. The standard InChI is InChI=1S/C51H32N6/c1-4-16-33(17-5-1)49-52-50(34-18-6-2-7-19-34)54-51(53-49)57-45-27-15-11-23-38(45)41-30-29-40-37-22-10-14-26-44(37)56(47(40)48(41)57)36-28-31-46-42(32-36)39-24-12-13-25-43(39)55(46)35-20-8-3-9-21-35/h1-32H. The molecule has 57 heavy (non-hydrogen) atoms. The zero-order chi connectivity index (χ0) is 37.5. The largest absolute Gasteiger partial charge is 0.309 e. The third kappa shape index (κ3) is 4.74. The molecule has 0 saturated carbocycles. The SMILES string of the molecule is c1ccc(-c2nc(-c3ccccc3)nc(-n3c4ccccc4c4ccc5c6ccccc6n(-c6ccc7c(c6)c6ccccc6n7-c6ccccc6)c5c43)n2)cc1. The highest BCUT2D eigenvalue weighted by molar-refractivity contribution is 6.24. The molecule has 0 N–H and O–H groups in total. The highest BCUT2D eigenvalue weighted by Crippen LogP contribution is 2.42. The minimum atomic E-state index is 0.569. The van der Waals surface area contributed by atoms with E-state index in [2.05, 4.69) is 171 Å². The highest BCUT2D eigenvalue weighted by Gasteiger charge is 2.24. The zero-order valence-electron chi connectivity index (χ0n) is 30.7. The molecule has 0 bridgehead atoms. The average Bonchev–Trinajstić information content (AvgIpc) is 3.93. The molecule has 0 aliphatic rings. The van der Waals surface area contributed by atoms with Crippen LogP contribution in [0.15, 0.2) is 194 Å². The van der Waals surface area contributed by atoms with Crippen LogP contribution < -0.4 is 0 Å². The summed E-state index contributed by atoms with van der Waals surface area (Å²) in [5, 5.41) is 7.02. The van der Waals surface area contributed by atoms with Gasteiger partial charge in [0.15, 0.2) is 11.6 Å². The Morgan fingerprint density at radius 3 is 1.30 bits per heavy atom. The van der Waals surface area contributed by atoms with Crippen LogP contribution in [0.4, 0.5) is 0 Å². The van der Waals surface area contributed by atoms with Gasteiger partial charge in [-0.05, 0) is 48.5 Å². The van der Waals surface area contributed by atoms with Crippen molar-refractivity contribution >= 4 is 65.4 Å². The van der Waals surface area contributed by atoms with Gasteiger partial charge in [-0.2, -0.15) is 9.97 Å². The Morgan fingerprint density at radius 2 is 0.719 bits per heavy atom. The van der Waals surface area contributed by atoms with Gasteiger partial charge < -0.3 is 9.13 Å². The van der Waals surface area contributed by atoms with Gasteiger partial charge in [-0.1, -0.05) is 146 Å². The van der Waals surface area contributed by atoms with Crippen molar-refractivity contribution in [3.05, 3.63) is 194 Å². The van der Waals surface area contributed by atoms with Crippen LogP contribution >= 0.6 is 0 Å². The first kappa shape index (κ1) is 31.5. The number of hydrogen-bond acceptors (Lipinski definition) is 3. The predicted molar refractivity (Wildman–Crippen MR) is 234 cm³/mol. The fourth-order valence-corrected chi connectivity index (χ4v) is 8.83. The Bertz CT molecular complexity index is 3450. The molecule has 6 nitrogen and oxygen atoms in total. The summed E-state index contributed by atoms with van der Waals surface area (Å²) >= 11 is 0. The number of para-hydroxylation sites is 4. The number of nitrogens with zero attached hydrogens (tertiary/aromatic N) is 6. The molecule has 12 rings (SSSR count). The van der Waals surface area contributed by atoms with Crippen molar-refractivity contribution < 1.29 is 0 Å². The Hall–Kier alpha value is -7.83. The summed E-state index contributed by atoms with van der Waals surface area (Å²) < 4.78 is 7.06. The molecule has 8 aromatic carbocycles. The maximum Gasteiger partial charge on any atom is 0.238 e. The minimum Gasteiger partial charge on any atom is -0.309 e. The van der Waals surface area contributed by atoms with Gasteiger partial charge in [-0.25, -0.2) is 4.98 Å². The van der Waals surface area contributed by atoms with Gasteiger partial charge in [0.05, 0.1) is 33.1 Å². The van der Waals surface area contributed by atoms with Crippen molar-refractivity contribution in [2.45, 2.75) is 0 Å². The minimum absolute atomic E-state index is 0.569. The molecule has 0 aliphatic carbocycles. The van der Waals surface area contributed by atoms with Crippen LogP contribution in [0.5, 0.6) is 0 Å². The molecule has 0 fully saturated rings. The number of fused-ring (bicyclic) bond motifs is 10. The number of rotatable bonds is 5. The molecule has 0 saturated heterocycles. The monoisotopic (exact) mass is 728 g/mol. The second kappa shape index (κ2) is 12.3. The van der Waals surface area contributed by atoms with E-state index >= 15 is 0 Å². The van der Waals surface area contributed by atoms with Crippen molar-refractivity contribution in [2.75, 3.05) is 0 Å². The lowest BCUT2D eigenvalue weighted by atomic mass is 10.1. The van der Waals surface area contributed by atoms with Crippen molar-refractivity contribution in [1.82, 2.24) is 28.7 Å². The number of aromatic nitrogens is 6. The molecular weight excluding hydrogens is 697 g/mol. The summed E-state index contributed by atoms with van der Waals surface area (Å²) in [7, 11) is 0. The second-order valence-electron chi connectivity index (χ2n) is 14.5. The van der Waals surface area contributed by atoms with Crippen molar-refractivity contribution in [3.8, 4) is 40.1 Å². The van der Waals surface area contributed by atoms with Crippen LogP contribution in [-0.4, -0.2) is 28.7 Å². The maximum atomic E-state index is 5.27. The van der Waals surface area contributed by atoms with Gasteiger partial charge >= 0.3 is 0 Å². The molecule has 0 atom stereocenters. The summed E-state index contributed by atoms with van der Waals surface area (Å²) in [6.07, 6.45) is 0. The number of benzene rings is 8. The Balaban J connectivity index is 1.21. The molecule has 4 aromatic heterocycles. The van der Waals surface area contributed by atoms with E-state index in [1.54, 1.807) is 0 Å². The summed E-state index contributed by atoms with van der Waals surface area (Å²) in [6.45, 7) is 0. The lowest BCUT2D eigenvalue weighted by Gasteiger charge is -2.14. The van der Waals surface area contributed by atoms with E-state index in [4.69, 9.17) is 15.0 Å². The fraction of sp³-hybridized carbons (Fsp3) is 0. The zero-order valence-corrected chi connectivity index (χ0v) is 30.7. The Labute approximate surface area is 327 Å². The van der Waals surface area contributed by atoms with Crippen LogP contribution in [0.2, 0.25) is 0 Å². The van der Waals surface area contributed by atoms with E-state index in [1.165, 1.54) is 27.2 Å². The third-order valence-corrected chi connectivity index (χ3v) is 11.3. The van der Waals surface area contributed by atoms with E-state index in [0.717, 1.165) is 60.7 Å². The van der Waals surface area contributed by atoms with E-state index in [1.807, 2.05) is 36.4 Å². The molecule has 0 amide bonds. The lowest BCUT2D eigenvalue weighted by Crippen LogP contribution is -2.07. The van der Waals surface area contributed by atoms with Crippen molar-refractivity contribution in [2.24, 2.45) is 0 Å². The number of hydrogen-bond donors (Lipinski definition) is 0. The maximum absolute atomic E-state index is 5.27. The van der Waals surface area contributed by atoms with Gasteiger partial charge in [0.25, 0.3) is 0 Å². The smallest absolute Gasteiger partial charge is 0.238 e. The third-order valence-electron chi connectivity index (χ3n) is 11.3. The summed E-state index contributed by atoms with van der Waals surface area (Å²) in [5.41, 5.74) is 10.7. The van der Waals surface area contributed by atoms with Gasteiger partial charge in [-0.15, -0.1) is 0 Å². The van der Waals surface area contributed by atoms with Crippen molar-refractivity contribution in [3.63, 3.8) is 0 Å². The topological polar surface area (TPSA) is 53.5 Å². The second-order valence-corrected chi connectivity index (χ2v) is 14.5. The van der Waals surface area contributed by atoms with Crippen LogP contribution in [0.1, 0.15) is 0 Å². The molecule has 0 aliphatic heterocycles. The predicted octanol–water partition coefficient (Wildman–Crippen LogP) is 12.5. The van der Waals surface area contributed by atoms with Crippen LogP contribution in [0, 0.1) is 0 Å². The first-order chi connectivity index (χ1) is 28.3. The Morgan fingerprint density at radius 1 is 0.281 bits per heavy atom. The van der Waals surface area contributed by atoms with Crippen LogP contribution in [-0.2, 0) is 0 Å². The molecule has 6 heteroatoms. The molecule has 0 spiro atoms. The van der Waals surface area contributed by atoms with E-state index in [9.17, 15) is 0 Å². The lowest BCUT2D eigenvalue weighted by molar-refractivity contribution is 0.953. The van der Waals surface area contributed by atoms with E-state index in [0.29, 0.717) is 17.6 Å². The van der Waals surface area contributed by atoms with Gasteiger partial charge in [-0.3, -0.25) is 4.57 Å². The van der Waals surface area contributed by atoms with Gasteiger partial charge in [0.1, 0.15) is 0 Å². The first-order valence-corrected chi connectivity index (χ1v) is 19.2. The fourth-order valence-electron chi connectivity index (χ4n) is 8.83.